The van der Waals surface area contributed by atoms with E-state index < -0.39 is 0 Å². The SMILES string of the molecule is Cc1nc(N2CC[C@H](N3CCN(CCc4ccccc4)CC3)[C@@H](O)C2)no1. The molecule has 7 nitrogen and oxygen atoms in total. The molecule has 2 fully saturated rings. The third-order valence-electron chi connectivity index (χ3n) is 5.78. The number of aliphatic hydroxyl groups is 1. The van der Waals surface area contributed by atoms with Crippen molar-refractivity contribution in [3.8, 4) is 0 Å². The normalized spacial score (nSPS) is 25.0. The number of nitrogens with zero attached hydrogens (tertiary/aromatic N) is 5. The Labute approximate surface area is 160 Å². The Kier molecular flexibility index (Phi) is 5.71. The first-order chi connectivity index (χ1) is 13.2. The lowest BCUT2D eigenvalue weighted by Crippen LogP contribution is -2.59. The van der Waals surface area contributed by atoms with E-state index in [1.165, 1.54) is 5.56 Å². The first-order valence-electron chi connectivity index (χ1n) is 9.93. The zero-order valence-corrected chi connectivity index (χ0v) is 16.0. The molecule has 2 aromatic rings. The minimum Gasteiger partial charge on any atom is -0.390 e. The van der Waals surface area contributed by atoms with Crippen molar-refractivity contribution in [2.75, 3.05) is 50.7 Å². The highest BCUT2D eigenvalue weighted by Crippen LogP contribution is 2.22. The predicted octanol–water partition coefficient (Wildman–Crippen LogP) is 1.18. The molecule has 27 heavy (non-hydrogen) atoms. The van der Waals surface area contributed by atoms with E-state index in [0.29, 0.717) is 18.4 Å². The van der Waals surface area contributed by atoms with E-state index in [1.54, 1.807) is 6.92 Å². The van der Waals surface area contributed by atoms with Crippen LogP contribution in [-0.2, 0) is 6.42 Å². The minimum absolute atomic E-state index is 0.227. The van der Waals surface area contributed by atoms with Crippen LogP contribution < -0.4 is 4.90 Å². The van der Waals surface area contributed by atoms with Crippen molar-refractivity contribution < 1.29 is 9.63 Å². The van der Waals surface area contributed by atoms with E-state index >= 15 is 0 Å². The summed E-state index contributed by atoms with van der Waals surface area (Å²) < 4.78 is 5.06. The Hall–Kier alpha value is -1.96. The van der Waals surface area contributed by atoms with Gasteiger partial charge in [0.1, 0.15) is 0 Å². The van der Waals surface area contributed by atoms with Crippen molar-refractivity contribution in [1.82, 2.24) is 19.9 Å². The molecule has 2 atom stereocenters. The van der Waals surface area contributed by atoms with E-state index in [4.69, 9.17) is 4.52 Å². The Morgan fingerprint density at radius 1 is 1.11 bits per heavy atom. The van der Waals surface area contributed by atoms with Gasteiger partial charge >= 0.3 is 0 Å². The summed E-state index contributed by atoms with van der Waals surface area (Å²) in [5.41, 5.74) is 1.40. The molecule has 0 unspecified atom stereocenters. The Morgan fingerprint density at radius 3 is 2.56 bits per heavy atom. The van der Waals surface area contributed by atoms with Crippen molar-refractivity contribution in [3.05, 3.63) is 41.8 Å². The van der Waals surface area contributed by atoms with Crippen molar-refractivity contribution in [3.63, 3.8) is 0 Å². The van der Waals surface area contributed by atoms with Gasteiger partial charge in [-0.05, 0) is 23.6 Å². The number of hydrogen-bond acceptors (Lipinski definition) is 7. The zero-order chi connectivity index (χ0) is 18.6. The number of aryl methyl sites for hydroxylation is 1. The number of aromatic nitrogens is 2. The maximum absolute atomic E-state index is 10.7. The van der Waals surface area contributed by atoms with Crippen molar-refractivity contribution >= 4 is 5.95 Å². The lowest BCUT2D eigenvalue weighted by molar-refractivity contribution is 0.00949. The molecule has 0 amide bonds. The summed E-state index contributed by atoms with van der Waals surface area (Å²) in [6.07, 6.45) is 1.65. The van der Waals surface area contributed by atoms with E-state index in [-0.39, 0.29) is 12.1 Å². The summed E-state index contributed by atoms with van der Waals surface area (Å²) >= 11 is 0. The smallest absolute Gasteiger partial charge is 0.266 e. The number of aliphatic hydroxyl groups excluding tert-OH is 1. The van der Waals surface area contributed by atoms with Crippen LogP contribution in [0.5, 0.6) is 0 Å². The second kappa shape index (κ2) is 8.37. The predicted molar refractivity (Wildman–Crippen MR) is 104 cm³/mol. The fraction of sp³-hybridized carbons (Fsp3) is 0.600. The molecule has 2 aliphatic heterocycles. The molecule has 0 aliphatic carbocycles. The minimum atomic E-state index is -0.381. The largest absolute Gasteiger partial charge is 0.390 e. The third-order valence-corrected chi connectivity index (χ3v) is 5.78. The van der Waals surface area contributed by atoms with Crippen LogP contribution in [0.15, 0.2) is 34.9 Å². The fourth-order valence-electron chi connectivity index (χ4n) is 4.19. The molecule has 146 valence electrons. The molecule has 1 aromatic carbocycles. The molecule has 7 heteroatoms. The summed E-state index contributed by atoms with van der Waals surface area (Å²) in [4.78, 5) is 11.3. The third kappa shape index (κ3) is 4.48. The number of hydrogen-bond donors (Lipinski definition) is 1. The molecule has 3 heterocycles. The molecular formula is C20H29N5O2. The number of anilines is 1. The number of β-amino-alcohol motifs (C(OH)–C–C–N with tert-alkyl or cyclic N) is 1. The standard InChI is InChI=1S/C20H29N5O2/c1-16-21-20(22-27-16)25-10-8-18(19(26)15-25)24-13-11-23(12-14-24)9-7-17-5-3-2-4-6-17/h2-6,18-19,26H,7-15H2,1H3/t18-,19-/m0/s1. The van der Waals surface area contributed by atoms with Gasteiger partial charge in [0.15, 0.2) is 0 Å². The van der Waals surface area contributed by atoms with Gasteiger partial charge in [0.25, 0.3) is 5.95 Å². The molecule has 0 bridgehead atoms. The van der Waals surface area contributed by atoms with Crippen LogP contribution in [0.25, 0.3) is 0 Å². The van der Waals surface area contributed by atoms with Gasteiger partial charge in [-0.1, -0.05) is 30.3 Å². The van der Waals surface area contributed by atoms with Gasteiger partial charge in [-0.3, -0.25) is 4.90 Å². The van der Waals surface area contributed by atoms with Gasteiger partial charge in [-0.25, -0.2) is 0 Å². The Morgan fingerprint density at radius 2 is 1.89 bits per heavy atom. The monoisotopic (exact) mass is 371 g/mol. The molecule has 0 radical (unpaired) electrons. The number of piperidine rings is 1. The average molecular weight is 371 g/mol. The van der Waals surface area contributed by atoms with Crippen LogP contribution in [0.4, 0.5) is 5.95 Å². The van der Waals surface area contributed by atoms with Crippen LogP contribution in [0, 0.1) is 6.92 Å². The highest BCUT2D eigenvalue weighted by Gasteiger charge is 2.34. The van der Waals surface area contributed by atoms with E-state index in [0.717, 1.165) is 52.1 Å². The second-order valence-corrected chi connectivity index (χ2v) is 7.60. The number of piperazine rings is 1. The van der Waals surface area contributed by atoms with Gasteiger partial charge in [0, 0.05) is 58.8 Å². The summed E-state index contributed by atoms with van der Waals surface area (Å²) in [7, 11) is 0. The Bertz CT molecular complexity index is 714. The Balaban J connectivity index is 1.24. The lowest BCUT2D eigenvalue weighted by Gasteiger charge is -2.44. The first-order valence-corrected chi connectivity index (χ1v) is 9.93. The van der Waals surface area contributed by atoms with Gasteiger partial charge in [-0.2, -0.15) is 4.98 Å². The molecule has 0 saturated carbocycles. The van der Waals surface area contributed by atoms with Crippen LogP contribution in [0.2, 0.25) is 0 Å². The average Bonchev–Trinajstić information content (AvgIpc) is 3.14. The topological polar surface area (TPSA) is 68.9 Å². The van der Waals surface area contributed by atoms with Crippen molar-refractivity contribution in [2.24, 2.45) is 0 Å². The van der Waals surface area contributed by atoms with Gasteiger partial charge in [-0.15, -0.1) is 0 Å². The van der Waals surface area contributed by atoms with Gasteiger partial charge in [0.05, 0.1) is 6.10 Å². The fourth-order valence-corrected chi connectivity index (χ4v) is 4.19. The maximum atomic E-state index is 10.7. The molecule has 1 aromatic heterocycles. The molecule has 4 rings (SSSR count). The summed E-state index contributed by atoms with van der Waals surface area (Å²) in [6.45, 7) is 8.52. The highest BCUT2D eigenvalue weighted by molar-refractivity contribution is 5.29. The van der Waals surface area contributed by atoms with Gasteiger partial charge in [0.2, 0.25) is 5.89 Å². The van der Waals surface area contributed by atoms with Crippen LogP contribution in [0.1, 0.15) is 17.9 Å². The van der Waals surface area contributed by atoms with Crippen molar-refractivity contribution in [2.45, 2.75) is 31.9 Å². The second-order valence-electron chi connectivity index (χ2n) is 7.60. The highest BCUT2D eigenvalue weighted by atomic mass is 16.5. The van der Waals surface area contributed by atoms with Crippen LogP contribution >= 0.6 is 0 Å². The molecule has 1 N–H and O–H groups in total. The summed E-state index contributed by atoms with van der Waals surface area (Å²) in [5, 5.41) is 14.7. The molecule has 2 saturated heterocycles. The lowest BCUT2D eigenvalue weighted by atomic mass is 9.99. The maximum Gasteiger partial charge on any atom is 0.266 e. The number of rotatable bonds is 5. The van der Waals surface area contributed by atoms with E-state index in [1.807, 2.05) is 4.90 Å². The number of benzene rings is 1. The molecular weight excluding hydrogens is 342 g/mol. The van der Waals surface area contributed by atoms with Gasteiger partial charge < -0.3 is 19.4 Å². The van der Waals surface area contributed by atoms with E-state index in [2.05, 4.69) is 50.3 Å². The molecule has 0 spiro atoms. The van der Waals surface area contributed by atoms with Crippen LogP contribution in [-0.4, -0.2) is 83.0 Å². The quantitative estimate of drug-likeness (QED) is 0.846. The first kappa shape index (κ1) is 18.4. The van der Waals surface area contributed by atoms with E-state index in [9.17, 15) is 5.11 Å². The van der Waals surface area contributed by atoms with Crippen LogP contribution in [0.3, 0.4) is 0 Å². The summed E-state index contributed by atoms with van der Waals surface area (Å²) in [5.74, 6) is 1.16. The molecule has 2 aliphatic rings. The zero-order valence-electron chi connectivity index (χ0n) is 16.0. The summed E-state index contributed by atoms with van der Waals surface area (Å²) in [6, 6.07) is 10.9. The van der Waals surface area contributed by atoms with Crippen molar-refractivity contribution in [1.29, 1.82) is 0 Å².